The van der Waals surface area contributed by atoms with Crippen LogP contribution in [0.3, 0.4) is 0 Å². The van der Waals surface area contributed by atoms with E-state index in [9.17, 15) is 0 Å². The van der Waals surface area contributed by atoms with Gasteiger partial charge in [-0.25, -0.2) is 0 Å². The zero-order valence-electron chi connectivity index (χ0n) is 12.9. The van der Waals surface area contributed by atoms with Crippen molar-refractivity contribution in [1.29, 1.82) is 0 Å². The molecule has 1 N–H and O–H groups in total. The van der Waals surface area contributed by atoms with Crippen LogP contribution in [0.15, 0.2) is 34.8 Å². The van der Waals surface area contributed by atoms with Crippen molar-refractivity contribution in [3.8, 4) is 0 Å². The first-order valence-corrected chi connectivity index (χ1v) is 8.37. The van der Waals surface area contributed by atoms with Crippen molar-refractivity contribution in [1.82, 2.24) is 5.32 Å². The topological polar surface area (TPSA) is 12.0 Å². The summed E-state index contributed by atoms with van der Waals surface area (Å²) in [6, 6.07) is 10.8. The van der Waals surface area contributed by atoms with Crippen molar-refractivity contribution in [2.24, 2.45) is 0 Å². The van der Waals surface area contributed by atoms with E-state index in [0.717, 1.165) is 21.6 Å². The van der Waals surface area contributed by atoms with Gasteiger partial charge in [0.15, 0.2) is 0 Å². The summed E-state index contributed by atoms with van der Waals surface area (Å²) in [5.41, 5.74) is 6.09. The third-order valence-corrected chi connectivity index (χ3v) is 4.92. The van der Waals surface area contributed by atoms with Gasteiger partial charge in [-0.1, -0.05) is 52.7 Å². The predicted molar refractivity (Wildman–Crippen MR) is 95.3 cm³/mol. The van der Waals surface area contributed by atoms with Gasteiger partial charge in [0.25, 0.3) is 0 Å². The third kappa shape index (κ3) is 3.68. The highest BCUT2D eigenvalue weighted by atomic mass is 79.9. The first-order valence-electron chi connectivity index (χ1n) is 7.20. The molecule has 2 aromatic carbocycles. The average molecular weight is 367 g/mol. The van der Waals surface area contributed by atoms with Gasteiger partial charge in [-0.15, -0.1) is 0 Å². The van der Waals surface area contributed by atoms with Gasteiger partial charge < -0.3 is 5.32 Å². The van der Waals surface area contributed by atoms with Gasteiger partial charge in [-0.05, 0) is 67.3 Å². The highest BCUT2D eigenvalue weighted by Gasteiger charge is 2.18. The average Bonchev–Trinajstić information content (AvgIpc) is 2.41. The maximum absolute atomic E-state index is 6.48. The van der Waals surface area contributed by atoms with Crippen LogP contribution in [0.4, 0.5) is 0 Å². The number of rotatable bonds is 4. The molecule has 0 saturated heterocycles. The molecule has 0 amide bonds. The van der Waals surface area contributed by atoms with E-state index in [-0.39, 0.29) is 6.04 Å². The fourth-order valence-corrected chi connectivity index (χ4v) is 3.37. The fourth-order valence-electron chi connectivity index (χ4n) is 2.57. The van der Waals surface area contributed by atoms with Crippen molar-refractivity contribution in [2.45, 2.75) is 33.7 Å². The Morgan fingerprint density at radius 1 is 1.05 bits per heavy atom. The number of aryl methyl sites for hydroxylation is 3. The van der Waals surface area contributed by atoms with Gasteiger partial charge >= 0.3 is 0 Å². The van der Waals surface area contributed by atoms with Crippen LogP contribution in [0, 0.1) is 20.8 Å². The standard InChI is InChI=1S/C18H21BrClN/c1-5-21-18(14-7-6-11(2)8-17(14)20)15-9-13(4)16(19)10-12(15)3/h6-10,18,21H,5H2,1-4H3. The molecule has 1 unspecified atom stereocenters. The first kappa shape index (κ1) is 16.5. The van der Waals surface area contributed by atoms with E-state index in [0.29, 0.717) is 0 Å². The van der Waals surface area contributed by atoms with Gasteiger partial charge in [-0.3, -0.25) is 0 Å². The quantitative estimate of drug-likeness (QED) is 0.729. The molecular formula is C18H21BrClN. The molecular weight excluding hydrogens is 346 g/mol. The molecule has 0 radical (unpaired) electrons. The molecule has 2 rings (SSSR count). The summed E-state index contributed by atoms with van der Waals surface area (Å²) in [7, 11) is 0. The van der Waals surface area contributed by atoms with E-state index in [2.05, 4.69) is 73.2 Å². The van der Waals surface area contributed by atoms with E-state index in [1.807, 2.05) is 6.07 Å². The smallest absolute Gasteiger partial charge is 0.0594 e. The summed E-state index contributed by atoms with van der Waals surface area (Å²) in [6.45, 7) is 9.34. The zero-order chi connectivity index (χ0) is 15.6. The van der Waals surface area contributed by atoms with Gasteiger partial charge in [0.05, 0.1) is 6.04 Å². The van der Waals surface area contributed by atoms with E-state index in [4.69, 9.17) is 11.6 Å². The Hall–Kier alpha value is -0.830. The maximum Gasteiger partial charge on any atom is 0.0594 e. The number of hydrogen-bond acceptors (Lipinski definition) is 1. The molecule has 0 heterocycles. The molecule has 1 atom stereocenters. The fraction of sp³-hybridized carbons (Fsp3) is 0.333. The predicted octanol–water partition coefficient (Wildman–Crippen LogP) is 5.73. The van der Waals surface area contributed by atoms with Crippen LogP contribution in [0.2, 0.25) is 5.02 Å². The van der Waals surface area contributed by atoms with Gasteiger partial charge in [0, 0.05) is 9.50 Å². The van der Waals surface area contributed by atoms with Crippen LogP contribution in [-0.4, -0.2) is 6.54 Å². The van der Waals surface area contributed by atoms with E-state index in [1.54, 1.807) is 0 Å². The number of halogens is 2. The lowest BCUT2D eigenvalue weighted by atomic mass is 9.93. The van der Waals surface area contributed by atoms with Crippen LogP contribution < -0.4 is 5.32 Å². The Labute approximate surface area is 140 Å². The highest BCUT2D eigenvalue weighted by Crippen LogP contribution is 2.33. The minimum atomic E-state index is 0.120. The first-order chi connectivity index (χ1) is 9.93. The Balaban J connectivity index is 2.55. The van der Waals surface area contributed by atoms with E-state index >= 15 is 0 Å². The molecule has 0 bridgehead atoms. The summed E-state index contributed by atoms with van der Waals surface area (Å²) in [4.78, 5) is 0. The van der Waals surface area contributed by atoms with Gasteiger partial charge in [0.2, 0.25) is 0 Å². The second-order valence-electron chi connectivity index (χ2n) is 5.47. The highest BCUT2D eigenvalue weighted by molar-refractivity contribution is 9.10. The van der Waals surface area contributed by atoms with Crippen LogP contribution in [-0.2, 0) is 0 Å². The molecule has 0 aliphatic carbocycles. The molecule has 0 fully saturated rings. The monoisotopic (exact) mass is 365 g/mol. The summed E-state index contributed by atoms with van der Waals surface area (Å²) < 4.78 is 1.15. The second kappa shape index (κ2) is 6.95. The Bertz CT molecular complexity index is 652. The third-order valence-electron chi connectivity index (χ3n) is 3.73. The lowest BCUT2D eigenvalue weighted by Gasteiger charge is -2.23. The molecule has 0 spiro atoms. The Morgan fingerprint density at radius 2 is 1.76 bits per heavy atom. The normalized spacial score (nSPS) is 12.5. The summed E-state index contributed by atoms with van der Waals surface area (Å²) in [6.07, 6.45) is 0. The zero-order valence-corrected chi connectivity index (χ0v) is 15.3. The Morgan fingerprint density at radius 3 is 2.38 bits per heavy atom. The van der Waals surface area contributed by atoms with Crippen LogP contribution in [0.5, 0.6) is 0 Å². The van der Waals surface area contributed by atoms with Gasteiger partial charge in [0.1, 0.15) is 0 Å². The maximum atomic E-state index is 6.48. The van der Waals surface area contributed by atoms with Crippen molar-refractivity contribution >= 4 is 27.5 Å². The second-order valence-corrected chi connectivity index (χ2v) is 6.74. The van der Waals surface area contributed by atoms with Crippen molar-refractivity contribution < 1.29 is 0 Å². The van der Waals surface area contributed by atoms with Crippen LogP contribution in [0.1, 0.15) is 40.8 Å². The molecule has 0 aliphatic rings. The van der Waals surface area contributed by atoms with Crippen molar-refractivity contribution in [3.05, 3.63) is 67.6 Å². The van der Waals surface area contributed by atoms with E-state index in [1.165, 1.54) is 22.3 Å². The minimum Gasteiger partial charge on any atom is -0.306 e. The number of nitrogens with one attached hydrogen (secondary N) is 1. The molecule has 112 valence electrons. The van der Waals surface area contributed by atoms with Crippen molar-refractivity contribution in [2.75, 3.05) is 6.54 Å². The molecule has 0 aromatic heterocycles. The Kier molecular flexibility index (Phi) is 5.48. The molecule has 3 heteroatoms. The molecule has 21 heavy (non-hydrogen) atoms. The molecule has 2 aromatic rings. The lowest BCUT2D eigenvalue weighted by molar-refractivity contribution is 0.627. The van der Waals surface area contributed by atoms with Crippen LogP contribution >= 0.6 is 27.5 Å². The molecule has 1 nitrogen and oxygen atoms in total. The summed E-state index contributed by atoms with van der Waals surface area (Å²) in [5, 5.41) is 4.38. The van der Waals surface area contributed by atoms with Crippen molar-refractivity contribution in [3.63, 3.8) is 0 Å². The largest absolute Gasteiger partial charge is 0.306 e. The van der Waals surface area contributed by atoms with E-state index < -0.39 is 0 Å². The number of hydrogen-bond donors (Lipinski definition) is 1. The lowest BCUT2D eigenvalue weighted by Crippen LogP contribution is -2.23. The summed E-state index contributed by atoms with van der Waals surface area (Å²) >= 11 is 10.1. The SMILES string of the molecule is CCNC(c1cc(C)c(Br)cc1C)c1ccc(C)cc1Cl. The molecule has 0 saturated carbocycles. The molecule has 0 aliphatic heterocycles. The van der Waals surface area contributed by atoms with Gasteiger partial charge in [-0.2, -0.15) is 0 Å². The van der Waals surface area contributed by atoms with Crippen LogP contribution in [0.25, 0.3) is 0 Å². The minimum absolute atomic E-state index is 0.120. The summed E-state index contributed by atoms with van der Waals surface area (Å²) in [5.74, 6) is 0. The number of benzene rings is 2.